The molecule has 0 aromatic heterocycles. The lowest BCUT2D eigenvalue weighted by Crippen LogP contribution is -2.39. The predicted molar refractivity (Wildman–Crippen MR) is 77.5 cm³/mol. The van der Waals surface area contributed by atoms with Crippen LogP contribution in [0.5, 0.6) is 17.2 Å². The van der Waals surface area contributed by atoms with Gasteiger partial charge in [0.1, 0.15) is 0 Å². The molecule has 0 saturated carbocycles. The molecular formula is C15H23NO4. The fraction of sp³-hybridized carbons (Fsp3) is 0.533. The summed E-state index contributed by atoms with van der Waals surface area (Å²) in [5.74, 6) is 1.71. The minimum Gasteiger partial charge on any atom is -0.493 e. The monoisotopic (exact) mass is 281 g/mol. The van der Waals surface area contributed by atoms with Gasteiger partial charge in [0, 0.05) is 6.04 Å². The van der Waals surface area contributed by atoms with Crippen LogP contribution in [0.3, 0.4) is 0 Å². The van der Waals surface area contributed by atoms with Crippen molar-refractivity contribution in [3.05, 3.63) is 18.2 Å². The largest absolute Gasteiger partial charge is 0.493 e. The Hall–Kier alpha value is -1.91. The van der Waals surface area contributed by atoms with Crippen LogP contribution in [-0.2, 0) is 4.79 Å². The van der Waals surface area contributed by atoms with E-state index in [0.29, 0.717) is 23.2 Å². The number of carbonyl (C=O) groups is 1. The molecule has 0 aliphatic carbocycles. The molecule has 5 heteroatoms. The van der Waals surface area contributed by atoms with Gasteiger partial charge in [-0.05, 0) is 25.0 Å². The van der Waals surface area contributed by atoms with Gasteiger partial charge in [-0.3, -0.25) is 4.79 Å². The van der Waals surface area contributed by atoms with Crippen LogP contribution in [0.25, 0.3) is 0 Å². The molecule has 1 rings (SSSR count). The molecule has 1 amide bonds. The third-order valence-corrected chi connectivity index (χ3v) is 3.12. The molecular weight excluding hydrogens is 258 g/mol. The van der Waals surface area contributed by atoms with Crippen LogP contribution in [0, 0.1) is 5.92 Å². The Balaban J connectivity index is 2.67. The summed E-state index contributed by atoms with van der Waals surface area (Å²) < 4.78 is 15.9. The van der Waals surface area contributed by atoms with Gasteiger partial charge in [-0.15, -0.1) is 0 Å². The first-order valence-electron chi connectivity index (χ1n) is 6.62. The van der Waals surface area contributed by atoms with Crippen molar-refractivity contribution in [2.45, 2.75) is 26.8 Å². The molecule has 20 heavy (non-hydrogen) atoms. The lowest BCUT2D eigenvalue weighted by atomic mass is 10.1. The Morgan fingerprint density at radius 3 is 2.15 bits per heavy atom. The average molecular weight is 281 g/mol. The Morgan fingerprint density at radius 1 is 1.15 bits per heavy atom. The minimum atomic E-state index is -0.167. The van der Waals surface area contributed by atoms with Crippen molar-refractivity contribution in [3.63, 3.8) is 0 Å². The molecule has 1 unspecified atom stereocenters. The van der Waals surface area contributed by atoms with Gasteiger partial charge in [-0.1, -0.05) is 19.9 Å². The molecule has 0 aliphatic heterocycles. The van der Waals surface area contributed by atoms with Crippen molar-refractivity contribution >= 4 is 5.91 Å². The molecule has 1 aromatic carbocycles. The number of nitrogens with one attached hydrogen (secondary N) is 1. The Bertz CT molecular complexity index is 423. The second-order valence-electron chi connectivity index (χ2n) is 4.88. The number of ether oxygens (including phenoxy) is 3. The van der Waals surface area contributed by atoms with E-state index in [-0.39, 0.29) is 18.6 Å². The van der Waals surface area contributed by atoms with Gasteiger partial charge in [0.05, 0.1) is 14.2 Å². The number of carbonyl (C=O) groups excluding carboxylic acids is 1. The van der Waals surface area contributed by atoms with E-state index in [0.717, 1.165) is 0 Å². The minimum absolute atomic E-state index is 0.0756. The summed E-state index contributed by atoms with van der Waals surface area (Å²) in [6.45, 7) is 5.99. The molecule has 0 fully saturated rings. The lowest BCUT2D eigenvalue weighted by Gasteiger charge is -2.18. The van der Waals surface area contributed by atoms with E-state index in [2.05, 4.69) is 19.2 Å². The van der Waals surface area contributed by atoms with Gasteiger partial charge in [0.25, 0.3) is 5.91 Å². The highest BCUT2D eigenvalue weighted by Crippen LogP contribution is 2.36. The zero-order chi connectivity index (χ0) is 15.1. The van der Waals surface area contributed by atoms with Crippen molar-refractivity contribution in [3.8, 4) is 17.2 Å². The van der Waals surface area contributed by atoms with Crippen molar-refractivity contribution < 1.29 is 19.0 Å². The molecule has 1 N–H and O–H groups in total. The second-order valence-corrected chi connectivity index (χ2v) is 4.88. The van der Waals surface area contributed by atoms with Crippen LogP contribution in [-0.4, -0.2) is 32.8 Å². The van der Waals surface area contributed by atoms with E-state index in [1.165, 1.54) is 0 Å². The number of hydrogen-bond acceptors (Lipinski definition) is 4. The van der Waals surface area contributed by atoms with Gasteiger partial charge >= 0.3 is 0 Å². The molecule has 0 radical (unpaired) electrons. The quantitative estimate of drug-likeness (QED) is 0.833. The van der Waals surface area contributed by atoms with E-state index in [1.807, 2.05) is 6.92 Å². The summed E-state index contributed by atoms with van der Waals surface area (Å²) in [5.41, 5.74) is 0. The molecule has 0 spiro atoms. The lowest BCUT2D eigenvalue weighted by molar-refractivity contribution is -0.124. The van der Waals surface area contributed by atoms with Crippen molar-refractivity contribution in [2.24, 2.45) is 5.92 Å². The van der Waals surface area contributed by atoms with Crippen molar-refractivity contribution in [2.75, 3.05) is 20.8 Å². The Labute approximate surface area is 120 Å². The maximum Gasteiger partial charge on any atom is 0.258 e. The Morgan fingerprint density at radius 2 is 1.70 bits per heavy atom. The van der Waals surface area contributed by atoms with Gasteiger partial charge in [-0.25, -0.2) is 0 Å². The van der Waals surface area contributed by atoms with Crippen LogP contribution >= 0.6 is 0 Å². The number of benzene rings is 1. The van der Waals surface area contributed by atoms with Crippen molar-refractivity contribution in [1.82, 2.24) is 5.32 Å². The summed E-state index contributed by atoms with van der Waals surface area (Å²) in [4.78, 5) is 11.8. The molecule has 112 valence electrons. The van der Waals surface area contributed by atoms with Crippen LogP contribution < -0.4 is 19.5 Å². The zero-order valence-corrected chi connectivity index (χ0v) is 12.7. The topological polar surface area (TPSA) is 56.8 Å². The maximum atomic E-state index is 11.8. The van der Waals surface area contributed by atoms with Gasteiger partial charge in [0.2, 0.25) is 5.75 Å². The van der Waals surface area contributed by atoms with Crippen LogP contribution in [0.1, 0.15) is 20.8 Å². The van der Waals surface area contributed by atoms with Crippen molar-refractivity contribution in [1.29, 1.82) is 0 Å². The predicted octanol–water partition coefficient (Wildman–Crippen LogP) is 2.24. The molecule has 0 saturated heterocycles. The summed E-state index contributed by atoms with van der Waals surface area (Å²) in [5, 5.41) is 2.88. The van der Waals surface area contributed by atoms with Crippen LogP contribution in [0.2, 0.25) is 0 Å². The number of para-hydroxylation sites is 1. The molecule has 0 heterocycles. The third-order valence-electron chi connectivity index (χ3n) is 3.12. The van der Waals surface area contributed by atoms with E-state index in [4.69, 9.17) is 14.2 Å². The number of methoxy groups -OCH3 is 2. The number of hydrogen-bond donors (Lipinski definition) is 1. The SMILES string of the molecule is COc1cccc(OC)c1OCC(=O)NC(C)C(C)C. The summed E-state index contributed by atoms with van der Waals surface area (Å²) in [7, 11) is 3.09. The fourth-order valence-corrected chi connectivity index (χ4v) is 1.56. The highest BCUT2D eigenvalue weighted by molar-refractivity contribution is 5.78. The van der Waals surface area contributed by atoms with E-state index in [1.54, 1.807) is 32.4 Å². The summed E-state index contributed by atoms with van der Waals surface area (Å²) >= 11 is 0. The molecule has 0 aliphatic rings. The van der Waals surface area contributed by atoms with Crippen LogP contribution in [0.15, 0.2) is 18.2 Å². The third kappa shape index (κ3) is 4.33. The first-order chi connectivity index (χ1) is 9.49. The standard InChI is InChI=1S/C15H23NO4/c1-10(2)11(3)16-14(17)9-20-15-12(18-4)7-6-8-13(15)19-5/h6-8,10-11H,9H2,1-5H3,(H,16,17). The smallest absolute Gasteiger partial charge is 0.258 e. The van der Waals surface area contributed by atoms with Gasteiger partial charge in [0.15, 0.2) is 18.1 Å². The summed E-state index contributed by atoms with van der Waals surface area (Å²) in [6.07, 6.45) is 0. The zero-order valence-electron chi connectivity index (χ0n) is 12.7. The van der Waals surface area contributed by atoms with Gasteiger partial charge < -0.3 is 19.5 Å². The van der Waals surface area contributed by atoms with Gasteiger partial charge in [-0.2, -0.15) is 0 Å². The van der Waals surface area contributed by atoms with E-state index in [9.17, 15) is 4.79 Å². The molecule has 1 atom stereocenters. The second kappa shape index (κ2) is 7.62. The maximum absolute atomic E-state index is 11.8. The number of rotatable bonds is 7. The van der Waals surface area contributed by atoms with Crippen LogP contribution in [0.4, 0.5) is 0 Å². The Kier molecular flexibility index (Phi) is 6.15. The first kappa shape index (κ1) is 16.1. The summed E-state index contributed by atoms with van der Waals surface area (Å²) in [6, 6.07) is 5.41. The highest BCUT2D eigenvalue weighted by atomic mass is 16.5. The van der Waals surface area contributed by atoms with E-state index >= 15 is 0 Å². The normalized spacial score (nSPS) is 11.9. The fourth-order valence-electron chi connectivity index (χ4n) is 1.56. The number of amides is 1. The molecule has 1 aromatic rings. The molecule has 5 nitrogen and oxygen atoms in total. The van der Waals surface area contributed by atoms with E-state index < -0.39 is 0 Å². The molecule has 0 bridgehead atoms. The highest BCUT2D eigenvalue weighted by Gasteiger charge is 2.15. The average Bonchev–Trinajstić information content (AvgIpc) is 2.44. The first-order valence-corrected chi connectivity index (χ1v) is 6.62.